The Morgan fingerprint density at radius 1 is 1.03 bits per heavy atom. The first-order valence-electron chi connectivity index (χ1n) is 12.2. The molecule has 1 fully saturated rings. The number of aromatic nitrogens is 3. The van der Waals surface area contributed by atoms with Gasteiger partial charge in [-0.25, -0.2) is 13.4 Å². The molecule has 3 N–H and O–H groups in total. The summed E-state index contributed by atoms with van der Waals surface area (Å²) in [4.78, 5) is 27.2. The van der Waals surface area contributed by atoms with Crippen molar-refractivity contribution >= 4 is 44.0 Å². The summed E-state index contributed by atoms with van der Waals surface area (Å²) in [6.07, 6.45) is 7.01. The molecule has 4 aromatic rings. The number of carbonyl (C=O) groups excluding carboxylic acids is 1. The number of benzene rings is 2. The van der Waals surface area contributed by atoms with E-state index < -0.39 is 15.9 Å². The number of carbonyl (C=O) groups is 1. The van der Waals surface area contributed by atoms with E-state index in [-0.39, 0.29) is 10.5 Å². The van der Waals surface area contributed by atoms with E-state index in [4.69, 9.17) is 10.5 Å². The summed E-state index contributed by atoms with van der Waals surface area (Å²) in [6.45, 7) is 2.16. The van der Waals surface area contributed by atoms with Crippen molar-refractivity contribution in [3.8, 4) is 5.75 Å². The molecule has 0 unspecified atom stereocenters. The van der Waals surface area contributed by atoms with Crippen LogP contribution < -0.4 is 20.7 Å². The van der Waals surface area contributed by atoms with Crippen LogP contribution in [0.4, 0.5) is 17.2 Å². The molecule has 0 spiro atoms. The molecule has 2 aliphatic heterocycles. The van der Waals surface area contributed by atoms with Crippen LogP contribution in [0.25, 0.3) is 10.9 Å². The molecule has 12 heteroatoms. The standard InChI is InChI=1S/C26H25N7O4S/c27-26(34)20-15-30-21-5-4-17(14-19(21)25(20)31-22-2-1-3-23-18(22)6-13-37-23)38(35,36)33-11-9-32(10-12-33)24-16-28-7-8-29-24/h1-5,7-8,14-16H,6,9-13H2,(H2,27,34)(H,30,31). The predicted molar refractivity (Wildman–Crippen MR) is 142 cm³/mol. The third kappa shape index (κ3) is 4.27. The Labute approximate surface area is 219 Å². The Morgan fingerprint density at radius 3 is 2.63 bits per heavy atom. The Balaban J connectivity index is 1.35. The Hall–Kier alpha value is -4.29. The molecule has 2 aromatic heterocycles. The van der Waals surface area contributed by atoms with E-state index >= 15 is 0 Å². The number of fused-ring (bicyclic) bond motifs is 2. The number of hydrogen-bond donors (Lipinski definition) is 2. The highest BCUT2D eigenvalue weighted by molar-refractivity contribution is 7.89. The lowest BCUT2D eigenvalue weighted by atomic mass is 10.1. The number of sulfonamides is 1. The molecular formula is C26H25N7O4S. The molecule has 11 nitrogen and oxygen atoms in total. The molecule has 6 rings (SSSR count). The lowest BCUT2D eigenvalue weighted by molar-refractivity contribution is 0.100. The van der Waals surface area contributed by atoms with Gasteiger partial charge in [-0.05, 0) is 30.3 Å². The molecule has 194 valence electrons. The number of primary amides is 1. The number of pyridine rings is 1. The molecule has 4 heterocycles. The molecule has 2 aliphatic rings. The van der Waals surface area contributed by atoms with Crippen molar-refractivity contribution in [2.24, 2.45) is 5.73 Å². The number of amides is 1. The van der Waals surface area contributed by atoms with Crippen LogP contribution in [-0.4, -0.2) is 66.4 Å². The topological polar surface area (TPSA) is 144 Å². The smallest absolute Gasteiger partial charge is 0.252 e. The highest BCUT2D eigenvalue weighted by Crippen LogP contribution is 2.37. The SMILES string of the molecule is NC(=O)c1cnc2ccc(S(=O)(=O)N3CCN(c4cnccn4)CC3)cc2c1Nc1cccc2c1CCO2. The van der Waals surface area contributed by atoms with E-state index in [9.17, 15) is 13.2 Å². The van der Waals surface area contributed by atoms with Crippen molar-refractivity contribution in [1.29, 1.82) is 0 Å². The summed E-state index contributed by atoms with van der Waals surface area (Å²) in [5.41, 5.74) is 8.55. The van der Waals surface area contributed by atoms with Gasteiger partial charge in [-0.1, -0.05) is 6.07 Å². The largest absolute Gasteiger partial charge is 0.493 e. The van der Waals surface area contributed by atoms with Crippen molar-refractivity contribution in [2.75, 3.05) is 43.0 Å². The van der Waals surface area contributed by atoms with E-state index in [0.29, 0.717) is 61.6 Å². The van der Waals surface area contributed by atoms with E-state index in [1.54, 1.807) is 36.8 Å². The van der Waals surface area contributed by atoms with Crippen molar-refractivity contribution in [2.45, 2.75) is 11.3 Å². The fraction of sp³-hybridized carbons (Fsp3) is 0.231. The number of anilines is 3. The molecule has 0 atom stereocenters. The Kier molecular flexibility index (Phi) is 6.04. The summed E-state index contributed by atoms with van der Waals surface area (Å²) < 4.78 is 34.4. The predicted octanol–water partition coefficient (Wildman–Crippen LogP) is 2.31. The van der Waals surface area contributed by atoms with Crippen LogP contribution in [0.5, 0.6) is 5.75 Å². The van der Waals surface area contributed by atoms with Crippen LogP contribution in [-0.2, 0) is 16.4 Å². The lowest BCUT2D eigenvalue weighted by Gasteiger charge is -2.34. The maximum absolute atomic E-state index is 13.6. The monoisotopic (exact) mass is 531 g/mol. The van der Waals surface area contributed by atoms with Crippen LogP contribution in [0.3, 0.4) is 0 Å². The van der Waals surface area contributed by atoms with Gasteiger partial charge in [0.15, 0.2) is 0 Å². The van der Waals surface area contributed by atoms with Crippen LogP contribution in [0.1, 0.15) is 15.9 Å². The highest BCUT2D eigenvalue weighted by atomic mass is 32.2. The van der Waals surface area contributed by atoms with Gasteiger partial charge in [0.25, 0.3) is 5.91 Å². The second-order valence-electron chi connectivity index (χ2n) is 9.05. The maximum Gasteiger partial charge on any atom is 0.252 e. The second kappa shape index (κ2) is 9.54. The van der Waals surface area contributed by atoms with Gasteiger partial charge in [0, 0.05) is 67.8 Å². The zero-order valence-corrected chi connectivity index (χ0v) is 21.2. The number of hydrogen-bond acceptors (Lipinski definition) is 9. The van der Waals surface area contributed by atoms with Crippen molar-refractivity contribution in [1.82, 2.24) is 19.3 Å². The number of piperazine rings is 1. The molecule has 0 saturated carbocycles. The minimum atomic E-state index is -3.81. The van der Waals surface area contributed by atoms with Gasteiger partial charge in [-0.2, -0.15) is 4.31 Å². The highest BCUT2D eigenvalue weighted by Gasteiger charge is 2.30. The van der Waals surface area contributed by atoms with Gasteiger partial charge in [-0.3, -0.25) is 14.8 Å². The Bertz CT molecular complexity index is 1640. The first-order chi connectivity index (χ1) is 18.4. The molecule has 38 heavy (non-hydrogen) atoms. The van der Waals surface area contributed by atoms with Crippen LogP contribution >= 0.6 is 0 Å². The number of rotatable bonds is 6. The van der Waals surface area contributed by atoms with Gasteiger partial charge >= 0.3 is 0 Å². The molecular weight excluding hydrogens is 506 g/mol. The molecule has 0 aliphatic carbocycles. The summed E-state index contributed by atoms with van der Waals surface area (Å²) in [6, 6.07) is 10.4. The summed E-state index contributed by atoms with van der Waals surface area (Å²) in [5.74, 6) is 0.825. The average molecular weight is 532 g/mol. The van der Waals surface area contributed by atoms with Crippen molar-refractivity contribution in [3.05, 3.63) is 72.3 Å². The Morgan fingerprint density at radius 2 is 1.87 bits per heavy atom. The fourth-order valence-corrected chi connectivity index (χ4v) is 6.34. The maximum atomic E-state index is 13.6. The number of nitrogens with one attached hydrogen (secondary N) is 1. The van der Waals surface area contributed by atoms with E-state index in [1.807, 2.05) is 23.1 Å². The van der Waals surface area contributed by atoms with E-state index in [2.05, 4.69) is 20.3 Å². The molecule has 1 saturated heterocycles. The number of nitrogens with two attached hydrogens (primary N) is 1. The summed E-state index contributed by atoms with van der Waals surface area (Å²) in [5, 5.41) is 3.81. The third-order valence-electron chi connectivity index (χ3n) is 6.86. The average Bonchev–Trinajstić information content (AvgIpc) is 3.43. The molecule has 0 radical (unpaired) electrons. The molecule has 2 aromatic carbocycles. The quantitative estimate of drug-likeness (QED) is 0.383. The van der Waals surface area contributed by atoms with Gasteiger partial charge in [-0.15, -0.1) is 0 Å². The summed E-state index contributed by atoms with van der Waals surface area (Å²) in [7, 11) is -3.81. The zero-order valence-electron chi connectivity index (χ0n) is 20.4. The minimum Gasteiger partial charge on any atom is -0.493 e. The van der Waals surface area contributed by atoms with Crippen LogP contribution in [0.15, 0.2) is 66.1 Å². The zero-order chi connectivity index (χ0) is 26.3. The van der Waals surface area contributed by atoms with E-state index in [1.165, 1.54) is 10.5 Å². The summed E-state index contributed by atoms with van der Waals surface area (Å²) >= 11 is 0. The third-order valence-corrected chi connectivity index (χ3v) is 8.75. The molecule has 1 amide bonds. The van der Waals surface area contributed by atoms with Gasteiger partial charge in [0.05, 0.1) is 34.5 Å². The number of ether oxygens (including phenoxy) is 1. The fourth-order valence-electron chi connectivity index (χ4n) is 4.89. The van der Waals surface area contributed by atoms with Crippen LogP contribution in [0.2, 0.25) is 0 Å². The van der Waals surface area contributed by atoms with Crippen molar-refractivity contribution < 1.29 is 17.9 Å². The van der Waals surface area contributed by atoms with Gasteiger partial charge < -0.3 is 20.7 Å². The van der Waals surface area contributed by atoms with Gasteiger partial charge in [0.2, 0.25) is 10.0 Å². The van der Waals surface area contributed by atoms with E-state index in [0.717, 1.165) is 17.0 Å². The number of nitrogens with zero attached hydrogens (tertiary/aromatic N) is 5. The molecule has 0 bridgehead atoms. The lowest BCUT2D eigenvalue weighted by Crippen LogP contribution is -2.48. The minimum absolute atomic E-state index is 0.117. The van der Waals surface area contributed by atoms with Crippen LogP contribution in [0, 0.1) is 0 Å². The van der Waals surface area contributed by atoms with Gasteiger partial charge in [0.1, 0.15) is 11.6 Å². The first kappa shape index (κ1) is 24.1. The first-order valence-corrected chi connectivity index (χ1v) is 13.6. The second-order valence-corrected chi connectivity index (χ2v) is 11.0. The van der Waals surface area contributed by atoms with Crippen molar-refractivity contribution in [3.63, 3.8) is 0 Å². The normalized spacial score (nSPS) is 15.7.